The summed E-state index contributed by atoms with van der Waals surface area (Å²) in [4.78, 5) is 23.2. The molecule has 0 bridgehead atoms. The first-order valence-corrected chi connectivity index (χ1v) is 7.30. The summed E-state index contributed by atoms with van der Waals surface area (Å²) in [6.45, 7) is 7.86. The number of rotatable bonds is 4. The fourth-order valence-corrected chi connectivity index (χ4v) is 4.06. The van der Waals surface area contributed by atoms with Gasteiger partial charge >= 0.3 is 5.97 Å². The average Bonchev–Trinajstić information content (AvgIpc) is 2.76. The molecule has 0 radical (unpaired) electrons. The minimum absolute atomic E-state index is 0.00337. The number of carbonyl (C=O) groups is 2. The smallest absolute Gasteiger partial charge is 0.302 e. The van der Waals surface area contributed by atoms with E-state index in [0.717, 1.165) is 18.4 Å². The lowest BCUT2D eigenvalue weighted by molar-refractivity contribution is -0.146. The Bertz CT molecular complexity index is 415. The molecule has 2 aliphatic carbocycles. The monoisotopic (exact) mass is 280 g/mol. The second kappa shape index (κ2) is 6.08. The van der Waals surface area contributed by atoms with Crippen LogP contribution < -0.4 is 0 Å². The van der Waals surface area contributed by atoms with Crippen LogP contribution in [0.2, 0.25) is 0 Å². The molecule has 2 unspecified atom stereocenters. The molecule has 2 fully saturated rings. The van der Waals surface area contributed by atoms with Gasteiger partial charge in [0, 0.05) is 38.2 Å². The van der Waals surface area contributed by atoms with Gasteiger partial charge in [0.05, 0.1) is 12.7 Å². The van der Waals surface area contributed by atoms with Gasteiger partial charge in [-0.1, -0.05) is 12.2 Å². The number of esters is 1. The summed E-state index contributed by atoms with van der Waals surface area (Å²) in [6.07, 6.45) is 2.31. The molecule has 0 spiro atoms. The number of fused-ring (bicyclic) bond motifs is 1. The third kappa shape index (κ3) is 2.80. The van der Waals surface area contributed by atoms with E-state index in [1.807, 2.05) is 6.92 Å². The molecular weight excluding hydrogens is 256 g/mol. The number of methoxy groups -OCH3 is 1. The van der Waals surface area contributed by atoms with E-state index in [4.69, 9.17) is 9.47 Å². The fraction of sp³-hybridized carbons (Fsp3) is 0.750. The number of hydrogen-bond acceptors (Lipinski definition) is 4. The highest BCUT2D eigenvalue weighted by atomic mass is 16.5. The minimum atomic E-state index is -0.272. The van der Waals surface area contributed by atoms with Gasteiger partial charge < -0.3 is 9.47 Å². The average molecular weight is 280 g/mol. The van der Waals surface area contributed by atoms with E-state index in [0.29, 0.717) is 24.7 Å². The molecule has 0 saturated heterocycles. The zero-order chi connectivity index (χ0) is 14.9. The molecule has 2 saturated carbocycles. The van der Waals surface area contributed by atoms with Crippen LogP contribution in [0, 0.1) is 23.7 Å². The predicted octanol–water partition coefficient (Wildman–Crippen LogP) is 2.37. The lowest BCUT2D eigenvalue weighted by Crippen LogP contribution is -2.46. The highest BCUT2D eigenvalue weighted by Crippen LogP contribution is 2.49. The van der Waals surface area contributed by atoms with Crippen LogP contribution in [-0.2, 0) is 19.1 Å². The van der Waals surface area contributed by atoms with Gasteiger partial charge in [-0.3, -0.25) is 9.59 Å². The Labute approximate surface area is 120 Å². The van der Waals surface area contributed by atoms with Crippen LogP contribution in [0.15, 0.2) is 12.2 Å². The summed E-state index contributed by atoms with van der Waals surface area (Å²) in [7, 11) is 1.68. The van der Waals surface area contributed by atoms with Gasteiger partial charge in [0.15, 0.2) is 0 Å². The normalized spacial score (nSPS) is 36.5. The van der Waals surface area contributed by atoms with Gasteiger partial charge in [-0.25, -0.2) is 0 Å². The number of ether oxygens (including phenoxy) is 2. The third-order valence-electron chi connectivity index (χ3n) is 4.90. The summed E-state index contributed by atoms with van der Waals surface area (Å²) in [5, 5.41) is 0. The molecule has 0 amide bonds. The standard InChI is InChI=1S/C16H24O4/c1-9(2)16-13(8-20-10(3)17)11-5-6-14(18)12(11)7-15(16)19-4/h11-13,15-16H,1,5-8H2,2-4H3/t11-,12-,13?,15?,16+/m1/s1. The summed E-state index contributed by atoms with van der Waals surface area (Å²) in [6, 6.07) is 0. The van der Waals surface area contributed by atoms with Crippen LogP contribution in [-0.4, -0.2) is 31.6 Å². The third-order valence-corrected chi connectivity index (χ3v) is 4.90. The molecular formula is C16H24O4. The summed E-state index contributed by atoms with van der Waals surface area (Å²) in [5.41, 5.74) is 1.05. The fourth-order valence-electron chi connectivity index (χ4n) is 4.06. The maximum absolute atomic E-state index is 12.0. The molecule has 0 aliphatic heterocycles. The number of Topliss-reactive ketones (excluding diaryl/α,β-unsaturated/α-hetero) is 1. The molecule has 0 N–H and O–H groups in total. The molecule has 4 heteroatoms. The van der Waals surface area contributed by atoms with E-state index in [9.17, 15) is 9.59 Å². The van der Waals surface area contributed by atoms with Crippen molar-refractivity contribution in [2.45, 2.75) is 39.2 Å². The topological polar surface area (TPSA) is 52.6 Å². The molecule has 20 heavy (non-hydrogen) atoms. The molecule has 0 aromatic carbocycles. The highest BCUT2D eigenvalue weighted by molar-refractivity contribution is 5.83. The van der Waals surface area contributed by atoms with Gasteiger partial charge in [0.2, 0.25) is 0 Å². The molecule has 0 aromatic rings. The Kier molecular flexibility index (Phi) is 4.63. The number of ketones is 1. The van der Waals surface area contributed by atoms with Crippen LogP contribution >= 0.6 is 0 Å². The Morgan fingerprint density at radius 1 is 1.40 bits per heavy atom. The van der Waals surface area contributed by atoms with Crippen molar-refractivity contribution in [3.8, 4) is 0 Å². The van der Waals surface area contributed by atoms with Crippen LogP contribution in [0.25, 0.3) is 0 Å². The van der Waals surface area contributed by atoms with Gasteiger partial charge in [-0.2, -0.15) is 0 Å². The van der Waals surface area contributed by atoms with Crippen LogP contribution in [0.4, 0.5) is 0 Å². The van der Waals surface area contributed by atoms with Crippen LogP contribution in [0.5, 0.6) is 0 Å². The molecule has 0 heterocycles. The van der Waals surface area contributed by atoms with E-state index < -0.39 is 0 Å². The van der Waals surface area contributed by atoms with Crippen molar-refractivity contribution in [2.24, 2.45) is 23.7 Å². The molecule has 2 rings (SSSR count). The zero-order valence-corrected chi connectivity index (χ0v) is 12.6. The molecule has 4 nitrogen and oxygen atoms in total. The summed E-state index contributed by atoms with van der Waals surface area (Å²) < 4.78 is 10.9. The Hall–Kier alpha value is -1.16. The van der Waals surface area contributed by atoms with E-state index in [1.165, 1.54) is 6.92 Å². The van der Waals surface area contributed by atoms with E-state index >= 15 is 0 Å². The first-order chi connectivity index (χ1) is 9.45. The van der Waals surface area contributed by atoms with Crippen molar-refractivity contribution in [1.82, 2.24) is 0 Å². The predicted molar refractivity (Wildman–Crippen MR) is 75.1 cm³/mol. The molecule has 112 valence electrons. The number of carbonyl (C=O) groups excluding carboxylic acids is 2. The van der Waals surface area contributed by atoms with Gasteiger partial charge in [-0.15, -0.1) is 0 Å². The molecule has 0 aromatic heterocycles. The first-order valence-electron chi connectivity index (χ1n) is 7.30. The van der Waals surface area contributed by atoms with Crippen molar-refractivity contribution in [2.75, 3.05) is 13.7 Å². The zero-order valence-electron chi connectivity index (χ0n) is 12.6. The van der Waals surface area contributed by atoms with Crippen molar-refractivity contribution < 1.29 is 19.1 Å². The minimum Gasteiger partial charge on any atom is -0.466 e. The van der Waals surface area contributed by atoms with Crippen LogP contribution in [0.3, 0.4) is 0 Å². The highest BCUT2D eigenvalue weighted by Gasteiger charge is 2.50. The van der Waals surface area contributed by atoms with Crippen molar-refractivity contribution in [1.29, 1.82) is 0 Å². The quantitative estimate of drug-likeness (QED) is 0.586. The van der Waals surface area contributed by atoms with Gasteiger partial charge in [0.25, 0.3) is 0 Å². The van der Waals surface area contributed by atoms with E-state index in [2.05, 4.69) is 6.58 Å². The lowest BCUT2D eigenvalue weighted by Gasteiger charge is -2.44. The van der Waals surface area contributed by atoms with E-state index in [1.54, 1.807) is 7.11 Å². The second-order valence-electron chi connectivity index (χ2n) is 6.12. The molecule has 5 atom stereocenters. The van der Waals surface area contributed by atoms with Crippen LogP contribution in [0.1, 0.15) is 33.1 Å². The summed E-state index contributed by atoms with van der Waals surface area (Å²) >= 11 is 0. The van der Waals surface area contributed by atoms with Crippen molar-refractivity contribution >= 4 is 11.8 Å². The lowest BCUT2D eigenvalue weighted by atomic mass is 9.64. The van der Waals surface area contributed by atoms with Gasteiger partial charge in [-0.05, 0) is 25.7 Å². The SMILES string of the molecule is C=C(C)[C@@H]1C(OC)C[C@H]2C(=O)CC[C@H]2C1COC(C)=O. The Morgan fingerprint density at radius 3 is 2.65 bits per heavy atom. The second-order valence-corrected chi connectivity index (χ2v) is 6.12. The maximum atomic E-state index is 12.0. The van der Waals surface area contributed by atoms with Crippen molar-refractivity contribution in [3.05, 3.63) is 12.2 Å². The first kappa shape index (κ1) is 15.2. The molecule has 2 aliphatic rings. The Morgan fingerprint density at radius 2 is 2.10 bits per heavy atom. The maximum Gasteiger partial charge on any atom is 0.302 e. The van der Waals surface area contributed by atoms with E-state index in [-0.39, 0.29) is 29.8 Å². The number of hydrogen-bond donors (Lipinski definition) is 0. The van der Waals surface area contributed by atoms with Gasteiger partial charge in [0.1, 0.15) is 5.78 Å². The summed E-state index contributed by atoms with van der Waals surface area (Å²) in [5.74, 6) is 0.736. The van der Waals surface area contributed by atoms with Crippen molar-refractivity contribution in [3.63, 3.8) is 0 Å². The Balaban J connectivity index is 2.25. The largest absolute Gasteiger partial charge is 0.466 e.